The van der Waals surface area contributed by atoms with Gasteiger partial charge in [0.05, 0.1) is 24.9 Å². The fraction of sp³-hybridized carbons (Fsp3) is 0.526. The van der Waals surface area contributed by atoms with E-state index in [1.165, 1.54) is 0 Å². The number of hydrogen-bond acceptors (Lipinski definition) is 5. The molecule has 2 fully saturated rings. The smallest absolute Gasteiger partial charge is 0.276 e. The summed E-state index contributed by atoms with van der Waals surface area (Å²) in [4.78, 5) is 14.9. The number of aromatic nitrogens is 3. The Morgan fingerprint density at radius 2 is 2.04 bits per heavy atom. The predicted molar refractivity (Wildman–Crippen MR) is 109 cm³/mol. The largest absolute Gasteiger partial charge is 0.370 e. The topological polar surface area (TPSA) is 72.3 Å². The molecule has 0 aliphatic carbocycles. The van der Waals surface area contributed by atoms with Crippen LogP contribution in [0.4, 0.5) is 0 Å². The average Bonchev–Trinajstić information content (AvgIpc) is 3.10. The number of rotatable bonds is 3. The molecule has 2 aromatic rings. The number of carbonyl (C=O) groups is 1. The summed E-state index contributed by atoms with van der Waals surface area (Å²) in [5, 5.41) is 12.5. The molecule has 0 spiro atoms. The molecule has 2 aliphatic heterocycles. The molecule has 9 heteroatoms. The van der Waals surface area contributed by atoms with Gasteiger partial charge in [-0.2, -0.15) is 0 Å². The zero-order valence-electron chi connectivity index (χ0n) is 15.8. The van der Waals surface area contributed by atoms with Gasteiger partial charge < -0.3 is 15.0 Å². The highest BCUT2D eigenvalue weighted by atomic mass is 35.5. The molecule has 1 aromatic heterocycles. The molecule has 7 nitrogen and oxygen atoms in total. The first-order valence-corrected chi connectivity index (χ1v) is 9.80. The zero-order valence-corrected chi connectivity index (χ0v) is 17.4. The Hall–Kier alpha value is -1.67. The highest BCUT2D eigenvalue weighted by molar-refractivity contribution is 6.31. The first-order chi connectivity index (χ1) is 13.1. The maximum absolute atomic E-state index is 13.1. The second kappa shape index (κ2) is 9.22. The fourth-order valence-corrected chi connectivity index (χ4v) is 4.10. The van der Waals surface area contributed by atoms with E-state index >= 15 is 0 Å². The lowest BCUT2D eigenvalue weighted by Gasteiger charge is -2.33. The molecule has 1 aromatic carbocycles. The van der Waals surface area contributed by atoms with Gasteiger partial charge in [-0.3, -0.25) is 4.79 Å². The van der Waals surface area contributed by atoms with Crippen molar-refractivity contribution < 1.29 is 9.53 Å². The first kappa shape index (κ1) is 21.0. The van der Waals surface area contributed by atoms with E-state index in [4.69, 9.17) is 16.3 Å². The maximum atomic E-state index is 13.1. The highest BCUT2D eigenvalue weighted by Gasteiger charge is 2.31. The van der Waals surface area contributed by atoms with E-state index < -0.39 is 0 Å². The molecule has 1 atom stereocenters. The number of carbonyl (C=O) groups excluding carboxylic acids is 1. The van der Waals surface area contributed by atoms with Crippen molar-refractivity contribution in [2.75, 3.05) is 32.8 Å². The summed E-state index contributed by atoms with van der Waals surface area (Å²) in [5.41, 5.74) is 2.19. The summed E-state index contributed by atoms with van der Waals surface area (Å²) >= 11 is 6.30. The third kappa shape index (κ3) is 4.17. The van der Waals surface area contributed by atoms with E-state index in [1.807, 2.05) is 35.9 Å². The lowest BCUT2D eigenvalue weighted by molar-refractivity contribution is -0.0230. The molecule has 28 heavy (non-hydrogen) atoms. The maximum Gasteiger partial charge on any atom is 0.276 e. The lowest BCUT2D eigenvalue weighted by Crippen LogP contribution is -2.42. The average molecular weight is 426 g/mol. The molecule has 4 rings (SSSR count). The third-order valence-electron chi connectivity index (χ3n) is 5.39. The zero-order chi connectivity index (χ0) is 18.8. The molecule has 152 valence electrons. The van der Waals surface area contributed by atoms with Gasteiger partial charge in [-0.25, -0.2) is 4.68 Å². The normalized spacial score (nSPS) is 20.6. The SMILES string of the molecule is Cc1c(C(=O)N2CCOC(c3ccccc3Cl)C2)nnn1C1CCNCC1.Cl. The van der Waals surface area contributed by atoms with Crippen molar-refractivity contribution in [2.45, 2.75) is 31.9 Å². The summed E-state index contributed by atoms with van der Waals surface area (Å²) in [6.45, 7) is 5.35. The molecule has 1 unspecified atom stereocenters. The van der Waals surface area contributed by atoms with Crippen molar-refractivity contribution >= 4 is 29.9 Å². The van der Waals surface area contributed by atoms with Crippen LogP contribution in [-0.4, -0.2) is 58.6 Å². The number of halogens is 2. The Bertz CT molecular complexity index is 822. The van der Waals surface area contributed by atoms with Gasteiger partial charge in [-0.1, -0.05) is 35.0 Å². The monoisotopic (exact) mass is 425 g/mol. The van der Waals surface area contributed by atoms with E-state index in [-0.39, 0.29) is 24.4 Å². The minimum absolute atomic E-state index is 0. The molecular weight excluding hydrogens is 401 g/mol. The lowest BCUT2D eigenvalue weighted by atomic mass is 10.1. The molecule has 2 aliphatic rings. The number of hydrogen-bond donors (Lipinski definition) is 1. The van der Waals surface area contributed by atoms with Crippen LogP contribution in [0.3, 0.4) is 0 Å². The number of amides is 1. The Morgan fingerprint density at radius 3 is 2.79 bits per heavy atom. The third-order valence-corrected chi connectivity index (χ3v) is 5.73. The van der Waals surface area contributed by atoms with E-state index in [0.29, 0.717) is 36.5 Å². The molecule has 0 radical (unpaired) electrons. The Kier molecular flexibility index (Phi) is 6.93. The number of ether oxygens (including phenoxy) is 1. The second-order valence-electron chi connectivity index (χ2n) is 7.08. The molecule has 0 saturated carbocycles. The van der Waals surface area contributed by atoms with Crippen molar-refractivity contribution in [3.05, 3.63) is 46.2 Å². The first-order valence-electron chi connectivity index (χ1n) is 9.43. The van der Waals surface area contributed by atoms with Crippen LogP contribution in [0.5, 0.6) is 0 Å². The minimum atomic E-state index is -0.226. The van der Waals surface area contributed by atoms with Crippen molar-refractivity contribution in [3.8, 4) is 0 Å². The number of nitrogens with zero attached hydrogens (tertiary/aromatic N) is 4. The number of piperidine rings is 1. The molecular formula is C19H25Cl2N5O2. The van der Waals surface area contributed by atoms with E-state index in [1.54, 1.807) is 4.90 Å². The highest BCUT2D eigenvalue weighted by Crippen LogP contribution is 2.29. The van der Waals surface area contributed by atoms with Crippen molar-refractivity contribution in [1.82, 2.24) is 25.2 Å². The van der Waals surface area contributed by atoms with Crippen molar-refractivity contribution in [3.63, 3.8) is 0 Å². The number of benzene rings is 1. The van der Waals surface area contributed by atoms with E-state index in [0.717, 1.165) is 37.2 Å². The molecule has 2 saturated heterocycles. The minimum Gasteiger partial charge on any atom is -0.370 e. The van der Waals surface area contributed by atoms with Crippen molar-refractivity contribution in [1.29, 1.82) is 0 Å². The van der Waals surface area contributed by atoms with E-state index in [9.17, 15) is 4.79 Å². The van der Waals surface area contributed by atoms with Crippen LogP contribution in [0.2, 0.25) is 5.02 Å². The van der Waals surface area contributed by atoms with Crippen LogP contribution in [0.1, 0.15) is 46.7 Å². The number of nitrogens with one attached hydrogen (secondary N) is 1. The summed E-state index contributed by atoms with van der Waals surface area (Å²) in [5.74, 6) is -0.0898. The summed E-state index contributed by atoms with van der Waals surface area (Å²) < 4.78 is 7.78. The van der Waals surface area contributed by atoms with Gasteiger partial charge in [0, 0.05) is 17.1 Å². The fourth-order valence-electron chi connectivity index (χ4n) is 3.84. The summed E-state index contributed by atoms with van der Waals surface area (Å²) in [7, 11) is 0. The Balaban J connectivity index is 0.00000225. The van der Waals surface area contributed by atoms with Gasteiger partial charge in [-0.15, -0.1) is 17.5 Å². The molecule has 3 heterocycles. The van der Waals surface area contributed by atoms with Crippen LogP contribution in [-0.2, 0) is 4.74 Å². The predicted octanol–water partition coefficient (Wildman–Crippen LogP) is 2.80. The van der Waals surface area contributed by atoms with E-state index in [2.05, 4.69) is 15.6 Å². The Labute approximate surface area is 175 Å². The molecule has 1 N–H and O–H groups in total. The molecule has 1 amide bonds. The van der Waals surface area contributed by atoms with Crippen LogP contribution in [0.25, 0.3) is 0 Å². The van der Waals surface area contributed by atoms with Gasteiger partial charge in [0.2, 0.25) is 0 Å². The summed E-state index contributed by atoms with van der Waals surface area (Å²) in [6, 6.07) is 7.91. The van der Waals surface area contributed by atoms with Gasteiger partial charge >= 0.3 is 0 Å². The second-order valence-corrected chi connectivity index (χ2v) is 7.49. The van der Waals surface area contributed by atoms with Gasteiger partial charge in [0.1, 0.15) is 6.10 Å². The van der Waals surface area contributed by atoms with Crippen LogP contribution < -0.4 is 5.32 Å². The Morgan fingerprint density at radius 1 is 1.29 bits per heavy atom. The van der Waals surface area contributed by atoms with Crippen molar-refractivity contribution in [2.24, 2.45) is 0 Å². The van der Waals surface area contributed by atoms with Gasteiger partial charge in [0.25, 0.3) is 5.91 Å². The van der Waals surface area contributed by atoms with Crippen LogP contribution in [0.15, 0.2) is 24.3 Å². The van der Waals surface area contributed by atoms with Crippen LogP contribution >= 0.6 is 24.0 Å². The molecule has 0 bridgehead atoms. The van der Waals surface area contributed by atoms with Gasteiger partial charge in [-0.05, 0) is 38.9 Å². The quantitative estimate of drug-likeness (QED) is 0.818. The summed E-state index contributed by atoms with van der Waals surface area (Å²) in [6.07, 6.45) is 1.78. The van der Waals surface area contributed by atoms with Crippen LogP contribution in [0, 0.1) is 6.92 Å². The van der Waals surface area contributed by atoms with Gasteiger partial charge in [0.15, 0.2) is 5.69 Å². The standard InChI is InChI=1S/C19H24ClN5O2.ClH/c1-13-18(22-23-25(13)14-6-8-21-9-7-14)19(26)24-10-11-27-17(12-24)15-4-2-3-5-16(15)20;/h2-5,14,17,21H,6-12H2,1H3;1H. The number of morpholine rings is 1.